The lowest BCUT2D eigenvalue weighted by atomic mass is 9.71. The normalized spacial score (nSPS) is 19.0. The predicted octanol–water partition coefficient (Wildman–Crippen LogP) is 6.87. The van der Waals surface area contributed by atoms with Crippen LogP contribution in [0.4, 0.5) is 0 Å². The number of benzene rings is 3. The molecule has 0 radical (unpaired) electrons. The summed E-state index contributed by atoms with van der Waals surface area (Å²) in [5, 5.41) is 0. The molecule has 0 fully saturated rings. The van der Waals surface area contributed by atoms with Crippen LogP contribution in [-0.4, -0.2) is 0 Å². The third kappa shape index (κ3) is 2.65. The molecule has 1 nitrogen and oxygen atoms in total. The molecule has 1 atom stereocenters. The van der Waals surface area contributed by atoms with E-state index in [1.165, 1.54) is 16.0 Å². The molecule has 0 saturated heterocycles. The van der Waals surface area contributed by atoms with Gasteiger partial charge in [0.25, 0.3) is 0 Å². The van der Waals surface area contributed by atoms with Crippen molar-refractivity contribution < 1.29 is 4.74 Å². The Bertz CT molecular complexity index is 878. The van der Waals surface area contributed by atoms with Gasteiger partial charge >= 0.3 is 0 Å². The molecule has 0 N–H and O–H groups in total. The molecular weight excluding hydrogens is 324 g/mol. The number of fused-ring (bicyclic) bond motifs is 1. The topological polar surface area (TPSA) is 9.23 Å². The van der Waals surface area contributed by atoms with Crippen molar-refractivity contribution in [2.45, 2.75) is 30.4 Å². The zero-order valence-corrected chi connectivity index (χ0v) is 15.6. The van der Waals surface area contributed by atoms with Crippen LogP contribution in [0.5, 0.6) is 11.5 Å². The highest BCUT2D eigenvalue weighted by atomic mass is 32.2. The molecule has 0 aliphatic carbocycles. The Morgan fingerprint density at radius 3 is 1.96 bits per heavy atom. The third-order valence-electron chi connectivity index (χ3n) is 4.83. The maximum Gasteiger partial charge on any atom is 0.127 e. The Morgan fingerprint density at radius 1 is 0.720 bits per heavy atom. The molecule has 0 saturated carbocycles. The zero-order chi connectivity index (χ0) is 17.5. The summed E-state index contributed by atoms with van der Waals surface area (Å²) in [4.78, 5) is 1.39. The molecule has 1 aliphatic rings. The highest BCUT2D eigenvalue weighted by molar-refractivity contribution is 8.02. The first-order valence-electron chi connectivity index (χ1n) is 8.63. The molecule has 3 aromatic carbocycles. The Hall–Kier alpha value is -2.19. The second-order valence-electron chi connectivity index (χ2n) is 7.47. The molecule has 3 aromatic rings. The van der Waals surface area contributed by atoms with Crippen molar-refractivity contribution in [2.75, 3.05) is 0 Å². The predicted molar refractivity (Wildman–Crippen MR) is 105 cm³/mol. The van der Waals surface area contributed by atoms with E-state index in [9.17, 15) is 0 Å². The van der Waals surface area contributed by atoms with Crippen molar-refractivity contribution in [3.8, 4) is 11.5 Å². The molecular formula is C23H22OS. The largest absolute Gasteiger partial charge is 0.457 e. The highest BCUT2D eigenvalue weighted by Gasteiger charge is 2.53. The number of rotatable bonds is 3. The SMILES string of the molecule is CC(C)(C)C1(c2ccc(Oc3ccccc3)cc2)Sc2ccccc21. The summed E-state index contributed by atoms with van der Waals surface area (Å²) in [7, 11) is 0. The summed E-state index contributed by atoms with van der Waals surface area (Å²) < 4.78 is 5.94. The van der Waals surface area contributed by atoms with Crippen LogP contribution in [0.15, 0.2) is 83.8 Å². The molecule has 2 heteroatoms. The van der Waals surface area contributed by atoms with Gasteiger partial charge in [0.15, 0.2) is 0 Å². The fourth-order valence-corrected chi connectivity index (χ4v) is 5.11. The molecule has 1 heterocycles. The lowest BCUT2D eigenvalue weighted by Gasteiger charge is -2.52. The van der Waals surface area contributed by atoms with Gasteiger partial charge in [-0.1, -0.05) is 69.3 Å². The monoisotopic (exact) mass is 346 g/mol. The third-order valence-corrected chi connectivity index (χ3v) is 6.78. The Labute approximate surface area is 154 Å². The van der Waals surface area contributed by atoms with E-state index in [2.05, 4.69) is 69.3 Å². The number of hydrogen-bond donors (Lipinski definition) is 0. The van der Waals surface area contributed by atoms with Crippen LogP contribution in [0.25, 0.3) is 0 Å². The maximum absolute atomic E-state index is 5.95. The van der Waals surface area contributed by atoms with E-state index < -0.39 is 0 Å². The molecule has 0 bridgehead atoms. The summed E-state index contributed by atoms with van der Waals surface area (Å²) in [5.41, 5.74) is 2.89. The summed E-state index contributed by atoms with van der Waals surface area (Å²) in [6.45, 7) is 6.97. The Balaban J connectivity index is 1.69. The van der Waals surface area contributed by atoms with Gasteiger partial charge in [0.05, 0.1) is 4.75 Å². The van der Waals surface area contributed by atoms with Crippen LogP contribution in [0.2, 0.25) is 0 Å². The summed E-state index contributed by atoms with van der Waals surface area (Å²) in [5.74, 6) is 1.74. The standard InChI is InChI=1S/C23H22OS/c1-22(2,3)23(20-11-7-8-12-21(20)25-23)17-13-15-19(16-14-17)24-18-9-5-4-6-10-18/h4-16H,1-3H3. The van der Waals surface area contributed by atoms with Crippen molar-refractivity contribution >= 4 is 11.8 Å². The zero-order valence-electron chi connectivity index (χ0n) is 14.8. The molecule has 25 heavy (non-hydrogen) atoms. The first-order chi connectivity index (χ1) is 12.0. The van der Waals surface area contributed by atoms with Gasteiger partial charge in [-0.15, -0.1) is 11.8 Å². The van der Waals surface area contributed by atoms with E-state index in [1.54, 1.807) is 0 Å². The minimum absolute atomic E-state index is 0.00509. The highest BCUT2D eigenvalue weighted by Crippen LogP contribution is 2.66. The van der Waals surface area contributed by atoms with Gasteiger partial charge in [0.1, 0.15) is 11.5 Å². The summed E-state index contributed by atoms with van der Waals surface area (Å²) in [6, 6.07) is 27.3. The van der Waals surface area contributed by atoms with E-state index in [1.807, 2.05) is 42.1 Å². The van der Waals surface area contributed by atoms with Crippen LogP contribution in [0.1, 0.15) is 31.9 Å². The van der Waals surface area contributed by atoms with Crippen LogP contribution >= 0.6 is 11.8 Å². The van der Waals surface area contributed by atoms with Gasteiger partial charge in [-0.2, -0.15) is 0 Å². The number of thioether (sulfide) groups is 1. The van der Waals surface area contributed by atoms with Crippen molar-refractivity contribution in [3.63, 3.8) is 0 Å². The summed E-state index contributed by atoms with van der Waals surface area (Å²) in [6.07, 6.45) is 0. The van der Waals surface area contributed by atoms with E-state index in [-0.39, 0.29) is 10.2 Å². The van der Waals surface area contributed by atoms with Crippen molar-refractivity contribution in [2.24, 2.45) is 5.41 Å². The minimum Gasteiger partial charge on any atom is -0.457 e. The Kier molecular flexibility index (Phi) is 3.88. The Morgan fingerprint density at radius 2 is 1.32 bits per heavy atom. The van der Waals surface area contributed by atoms with Crippen LogP contribution in [0, 0.1) is 5.41 Å². The molecule has 1 aliphatic heterocycles. The van der Waals surface area contributed by atoms with Crippen LogP contribution < -0.4 is 4.74 Å². The second-order valence-corrected chi connectivity index (χ2v) is 8.73. The number of para-hydroxylation sites is 1. The minimum atomic E-state index is -0.00509. The second kappa shape index (κ2) is 5.96. The van der Waals surface area contributed by atoms with Gasteiger partial charge in [-0.05, 0) is 46.9 Å². The van der Waals surface area contributed by atoms with Gasteiger partial charge in [0, 0.05) is 4.90 Å². The van der Waals surface area contributed by atoms with Crippen molar-refractivity contribution in [1.82, 2.24) is 0 Å². The van der Waals surface area contributed by atoms with Crippen molar-refractivity contribution in [3.05, 3.63) is 90.0 Å². The van der Waals surface area contributed by atoms with Gasteiger partial charge in [0.2, 0.25) is 0 Å². The van der Waals surface area contributed by atoms with E-state index >= 15 is 0 Å². The fourth-order valence-electron chi connectivity index (χ4n) is 3.61. The van der Waals surface area contributed by atoms with Gasteiger partial charge in [-0.25, -0.2) is 0 Å². The quantitative estimate of drug-likeness (QED) is 0.511. The molecule has 0 amide bonds. The van der Waals surface area contributed by atoms with Crippen molar-refractivity contribution in [1.29, 1.82) is 0 Å². The molecule has 1 unspecified atom stereocenters. The molecule has 0 spiro atoms. The smallest absolute Gasteiger partial charge is 0.127 e. The first-order valence-corrected chi connectivity index (χ1v) is 9.44. The van der Waals surface area contributed by atoms with Crippen LogP contribution in [-0.2, 0) is 4.75 Å². The average Bonchev–Trinajstić information content (AvgIpc) is 2.57. The van der Waals surface area contributed by atoms with E-state index in [0.717, 1.165) is 11.5 Å². The average molecular weight is 346 g/mol. The number of ether oxygens (including phenoxy) is 1. The van der Waals surface area contributed by atoms with E-state index in [4.69, 9.17) is 4.74 Å². The lowest BCUT2D eigenvalue weighted by Crippen LogP contribution is -2.43. The summed E-state index contributed by atoms with van der Waals surface area (Å²) >= 11 is 1.98. The first kappa shape index (κ1) is 16.3. The molecule has 4 rings (SSSR count). The van der Waals surface area contributed by atoms with E-state index in [0.29, 0.717) is 0 Å². The van der Waals surface area contributed by atoms with Gasteiger partial charge < -0.3 is 4.74 Å². The molecule has 0 aromatic heterocycles. The number of hydrogen-bond acceptors (Lipinski definition) is 2. The van der Waals surface area contributed by atoms with Gasteiger partial charge in [-0.3, -0.25) is 0 Å². The lowest BCUT2D eigenvalue weighted by molar-refractivity contribution is 0.312. The van der Waals surface area contributed by atoms with Crippen LogP contribution in [0.3, 0.4) is 0 Å². The molecule has 126 valence electrons. The fraction of sp³-hybridized carbons (Fsp3) is 0.217. The maximum atomic E-state index is 5.95.